The van der Waals surface area contributed by atoms with Gasteiger partial charge in [-0.1, -0.05) is 24.3 Å². The number of carbonyl (C=O) groups is 3. The predicted molar refractivity (Wildman–Crippen MR) is 177 cm³/mol. The summed E-state index contributed by atoms with van der Waals surface area (Å²) in [6.45, 7) is 7.30. The van der Waals surface area contributed by atoms with Gasteiger partial charge in [0.25, 0.3) is 0 Å². The molecular formula is C33H34FN4O5PS. The van der Waals surface area contributed by atoms with Crippen molar-refractivity contribution in [1.29, 1.82) is 0 Å². The number of benzene rings is 3. The third-order valence-corrected chi connectivity index (χ3v) is 10.1. The van der Waals surface area contributed by atoms with Crippen molar-refractivity contribution in [3.05, 3.63) is 77.6 Å². The number of β-lactam (4-membered cyclic amide) rings is 1. The fraction of sp³-hybridized carbons (Fsp3) is 0.303. The Morgan fingerprint density at radius 3 is 2.69 bits per heavy atom. The van der Waals surface area contributed by atoms with E-state index in [-0.39, 0.29) is 23.7 Å². The molecule has 45 heavy (non-hydrogen) atoms. The highest BCUT2D eigenvalue weighted by molar-refractivity contribution is 8.01. The third-order valence-electron chi connectivity index (χ3n) is 8.17. The van der Waals surface area contributed by atoms with E-state index in [1.807, 2.05) is 63.2 Å². The average molecular weight is 649 g/mol. The molecule has 0 bridgehead atoms. The zero-order chi connectivity index (χ0) is 31.9. The van der Waals surface area contributed by atoms with Crippen LogP contribution in [0.1, 0.15) is 31.9 Å². The van der Waals surface area contributed by atoms with E-state index < -0.39 is 22.8 Å². The molecule has 9 nitrogen and oxygen atoms in total. The number of nitrogens with zero attached hydrogens (tertiary/aromatic N) is 1. The van der Waals surface area contributed by atoms with E-state index in [1.165, 1.54) is 22.7 Å². The van der Waals surface area contributed by atoms with Crippen molar-refractivity contribution < 1.29 is 28.2 Å². The molecule has 0 spiro atoms. The van der Waals surface area contributed by atoms with Crippen molar-refractivity contribution in [1.82, 2.24) is 15.2 Å². The number of aromatic nitrogens is 1. The highest BCUT2D eigenvalue weighted by atomic mass is 32.2. The minimum absolute atomic E-state index is 0.170. The molecular weight excluding hydrogens is 614 g/mol. The van der Waals surface area contributed by atoms with Gasteiger partial charge in [-0.2, -0.15) is 0 Å². The number of rotatable bonds is 7. The Kier molecular flexibility index (Phi) is 8.50. The number of H-pyrrole nitrogens is 1. The van der Waals surface area contributed by atoms with Crippen LogP contribution in [0.5, 0.6) is 5.75 Å². The van der Waals surface area contributed by atoms with E-state index in [9.17, 15) is 18.8 Å². The summed E-state index contributed by atoms with van der Waals surface area (Å²) < 4.78 is 24.0. The lowest BCUT2D eigenvalue weighted by atomic mass is 9.96. The van der Waals surface area contributed by atoms with Crippen LogP contribution in [0.15, 0.2) is 60.7 Å². The molecule has 2 fully saturated rings. The molecule has 3 N–H and O–H groups in total. The van der Waals surface area contributed by atoms with Crippen LogP contribution >= 0.6 is 21.0 Å². The summed E-state index contributed by atoms with van der Waals surface area (Å²) in [5.41, 5.74) is 6.17. The molecule has 234 valence electrons. The summed E-state index contributed by atoms with van der Waals surface area (Å²) in [6.07, 6.45) is 0.523. The molecule has 0 aliphatic carbocycles. The Morgan fingerprint density at radius 2 is 1.96 bits per heavy atom. The van der Waals surface area contributed by atoms with Crippen molar-refractivity contribution in [3.8, 4) is 17.0 Å². The normalized spacial score (nSPS) is 20.4. The predicted octanol–water partition coefficient (Wildman–Crippen LogP) is 4.71. The lowest BCUT2D eigenvalue weighted by Crippen LogP contribution is -2.69. The highest BCUT2D eigenvalue weighted by Gasteiger charge is 2.64. The van der Waals surface area contributed by atoms with Gasteiger partial charge in [-0.3, -0.25) is 9.59 Å². The van der Waals surface area contributed by atoms with E-state index in [4.69, 9.17) is 9.47 Å². The standard InChI is InChI=1S/C17H15FN2O.C16H19N2O4PS/c1-2-21-11-4-5-12-16(8-11)19-9-14-13-7-10(18)3-6-15(13)20-17(12)14;1-16(2)12(18-13(20)11(17-8-19)14(18)24-16)15(21)22-7-9-3-5-10(23)6-4-9/h3-8,19-20H,2,9H2,1H3;3-6,8,11-12,14H,7,23H2,1-2H3,(H,17,19). The van der Waals surface area contributed by atoms with Gasteiger partial charge in [0.1, 0.15) is 35.6 Å². The van der Waals surface area contributed by atoms with Crippen molar-refractivity contribution in [2.45, 2.75) is 56.1 Å². The van der Waals surface area contributed by atoms with Gasteiger partial charge in [0.15, 0.2) is 0 Å². The molecule has 0 radical (unpaired) electrons. The second-order valence-corrected chi connectivity index (χ2v) is 14.0. The molecule has 2 saturated heterocycles. The molecule has 3 aliphatic heterocycles. The van der Waals surface area contributed by atoms with Gasteiger partial charge in [-0.25, -0.2) is 9.18 Å². The second-order valence-electron chi connectivity index (χ2n) is 11.5. The maximum atomic E-state index is 13.5. The van der Waals surface area contributed by atoms with Crippen LogP contribution in [-0.2, 0) is 32.3 Å². The van der Waals surface area contributed by atoms with E-state index in [1.54, 1.807) is 12.1 Å². The van der Waals surface area contributed by atoms with Crippen LogP contribution in [0.25, 0.3) is 22.2 Å². The number of esters is 1. The topological polar surface area (TPSA) is 113 Å². The third kappa shape index (κ3) is 5.87. The number of nitrogens with one attached hydrogen (secondary N) is 3. The van der Waals surface area contributed by atoms with E-state index in [0.29, 0.717) is 19.6 Å². The van der Waals surface area contributed by atoms with E-state index in [2.05, 4.69) is 24.9 Å². The monoisotopic (exact) mass is 648 g/mol. The fourth-order valence-corrected chi connectivity index (χ4v) is 7.85. The van der Waals surface area contributed by atoms with Crippen LogP contribution < -0.4 is 20.7 Å². The molecule has 4 unspecified atom stereocenters. The molecule has 4 heterocycles. The minimum atomic E-state index is -0.647. The highest BCUT2D eigenvalue weighted by Crippen LogP contribution is 2.51. The molecule has 0 saturated carbocycles. The number of thioether (sulfide) groups is 1. The van der Waals surface area contributed by atoms with Gasteiger partial charge >= 0.3 is 5.97 Å². The summed E-state index contributed by atoms with van der Waals surface area (Å²) in [7, 11) is 2.60. The summed E-state index contributed by atoms with van der Waals surface area (Å²) in [5.74, 6) is -0.00140. The van der Waals surface area contributed by atoms with Crippen molar-refractivity contribution in [2.24, 2.45) is 0 Å². The quantitative estimate of drug-likeness (QED) is 0.115. The van der Waals surface area contributed by atoms with Crippen LogP contribution in [0, 0.1) is 5.82 Å². The van der Waals surface area contributed by atoms with Crippen LogP contribution in [0.2, 0.25) is 0 Å². The molecule has 3 aromatic carbocycles. The van der Waals surface area contributed by atoms with Crippen molar-refractivity contribution in [2.75, 3.05) is 11.9 Å². The van der Waals surface area contributed by atoms with Gasteiger partial charge in [-0.05, 0) is 62.0 Å². The number of halogens is 1. The maximum Gasteiger partial charge on any atom is 0.330 e. The van der Waals surface area contributed by atoms with Gasteiger partial charge in [0.2, 0.25) is 12.3 Å². The molecule has 1 aromatic heterocycles. The fourth-order valence-electron chi connectivity index (χ4n) is 6.03. The first-order chi connectivity index (χ1) is 21.6. The van der Waals surface area contributed by atoms with Gasteiger partial charge in [0.05, 0.1) is 12.3 Å². The summed E-state index contributed by atoms with van der Waals surface area (Å²) in [4.78, 5) is 40.4. The second kappa shape index (κ2) is 12.4. The zero-order valence-electron chi connectivity index (χ0n) is 25.1. The Morgan fingerprint density at radius 1 is 1.18 bits per heavy atom. The Hall–Kier alpha value is -4.08. The van der Waals surface area contributed by atoms with Crippen LogP contribution in [-0.4, -0.2) is 57.0 Å². The zero-order valence-corrected chi connectivity index (χ0v) is 27.0. The van der Waals surface area contributed by atoms with E-state index in [0.717, 1.165) is 50.0 Å². The number of hydrogen-bond acceptors (Lipinski definition) is 7. The van der Waals surface area contributed by atoms with Crippen LogP contribution in [0.4, 0.5) is 10.1 Å². The smallest absolute Gasteiger partial charge is 0.330 e. The lowest BCUT2D eigenvalue weighted by Gasteiger charge is -2.43. The molecule has 4 atom stereocenters. The van der Waals surface area contributed by atoms with Crippen LogP contribution in [0.3, 0.4) is 0 Å². The van der Waals surface area contributed by atoms with Gasteiger partial charge < -0.3 is 30.0 Å². The number of fused-ring (bicyclic) bond motifs is 6. The number of anilines is 1. The first kappa shape index (κ1) is 30.9. The summed E-state index contributed by atoms with van der Waals surface area (Å²) in [5, 5.41) is 7.69. The Bertz CT molecular complexity index is 1780. The van der Waals surface area contributed by atoms with E-state index >= 15 is 0 Å². The molecule has 3 aliphatic rings. The summed E-state index contributed by atoms with van der Waals surface area (Å²) >= 11 is 1.51. The van der Waals surface area contributed by atoms with Gasteiger partial charge in [-0.15, -0.1) is 21.0 Å². The first-order valence-electron chi connectivity index (χ1n) is 14.6. The Labute approximate surface area is 266 Å². The number of aromatic amines is 1. The average Bonchev–Trinajstić information content (AvgIpc) is 3.51. The largest absolute Gasteiger partial charge is 0.494 e. The molecule has 4 aromatic rings. The van der Waals surface area contributed by atoms with Gasteiger partial charge in [0, 0.05) is 45.1 Å². The number of hydrogen-bond donors (Lipinski definition) is 3. The lowest BCUT2D eigenvalue weighted by molar-refractivity contribution is -0.164. The Balaban J connectivity index is 0.000000160. The summed E-state index contributed by atoms with van der Waals surface area (Å²) in [6, 6.07) is 17.3. The van der Waals surface area contributed by atoms with Crippen molar-refractivity contribution in [3.63, 3.8) is 0 Å². The number of carbonyl (C=O) groups excluding carboxylic acids is 3. The number of amides is 2. The minimum Gasteiger partial charge on any atom is -0.494 e. The number of ether oxygens (including phenoxy) is 2. The van der Waals surface area contributed by atoms with Crippen molar-refractivity contribution >= 4 is 61.2 Å². The molecule has 7 rings (SSSR count). The SMILES string of the molecule is CC1(C)SC2C(NC=O)C(=O)N2C1C(=O)OCc1ccc(P)cc1.CCOc1ccc2c(c1)NCc1c-2[nH]c2ccc(F)cc12. The molecule has 12 heteroatoms. The maximum absolute atomic E-state index is 13.5. The molecule has 2 amide bonds. The first-order valence-corrected chi connectivity index (χ1v) is 16.1.